The molecule has 6 heteroatoms. The lowest BCUT2D eigenvalue weighted by Gasteiger charge is -2.41. The van der Waals surface area contributed by atoms with E-state index in [-0.39, 0.29) is 17.7 Å². The Morgan fingerprint density at radius 1 is 1.37 bits per heavy atom. The number of phenols is 1. The Morgan fingerprint density at radius 2 is 2.05 bits per heavy atom. The van der Waals surface area contributed by atoms with Crippen LogP contribution in [0.4, 0.5) is 4.39 Å². The van der Waals surface area contributed by atoms with Gasteiger partial charge < -0.3 is 15.5 Å². The predicted octanol–water partition coefficient (Wildman–Crippen LogP) is 1.66. The van der Waals surface area contributed by atoms with Gasteiger partial charge in [-0.25, -0.2) is 4.39 Å². The van der Waals surface area contributed by atoms with E-state index in [2.05, 4.69) is 5.32 Å². The molecule has 0 aliphatic heterocycles. The Hall–Kier alpha value is -2.11. The van der Waals surface area contributed by atoms with Gasteiger partial charge >= 0.3 is 5.97 Å². The molecule has 1 fully saturated rings. The van der Waals surface area contributed by atoms with Crippen LogP contribution in [0.15, 0.2) is 18.2 Å². The second-order valence-corrected chi connectivity index (χ2v) is 4.82. The molecule has 102 valence electrons. The quantitative estimate of drug-likeness (QED) is 0.774. The third-order valence-corrected chi connectivity index (χ3v) is 3.38. The maximum absolute atomic E-state index is 13.5. The Labute approximate surface area is 109 Å². The van der Waals surface area contributed by atoms with Gasteiger partial charge in [-0.3, -0.25) is 9.59 Å². The van der Waals surface area contributed by atoms with Crippen molar-refractivity contribution in [2.75, 3.05) is 0 Å². The van der Waals surface area contributed by atoms with E-state index in [9.17, 15) is 14.0 Å². The fourth-order valence-electron chi connectivity index (χ4n) is 2.24. The number of phenolic OH excluding ortho intramolecular Hbond substituents is 1. The number of carbonyl (C=O) groups is 2. The summed E-state index contributed by atoms with van der Waals surface area (Å²) in [5.41, 5.74) is -0.970. The lowest BCUT2D eigenvalue weighted by atomic mass is 9.74. The van der Waals surface area contributed by atoms with Crippen LogP contribution in [-0.4, -0.2) is 27.6 Å². The van der Waals surface area contributed by atoms with Crippen molar-refractivity contribution in [3.8, 4) is 5.75 Å². The maximum atomic E-state index is 13.5. The van der Waals surface area contributed by atoms with E-state index in [0.29, 0.717) is 12.8 Å². The molecule has 1 saturated carbocycles. The smallest absolute Gasteiger partial charge is 0.305 e. The molecule has 0 heterocycles. The largest absolute Gasteiger partial charge is 0.508 e. The second kappa shape index (κ2) is 4.87. The monoisotopic (exact) mass is 267 g/mol. The molecule has 0 unspecified atom stereocenters. The highest BCUT2D eigenvalue weighted by Crippen LogP contribution is 2.35. The summed E-state index contributed by atoms with van der Waals surface area (Å²) in [6.45, 7) is 0. The number of carboxylic acid groups (broad SMARTS) is 1. The standard InChI is InChI=1S/C13H14FNO4/c14-10-6-8(16)2-3-9(10)12(19)15-13(4-1-5-13)7-11(17)18/h2-3,6,16H,1,4-5,7H2,(H,15,19)(H,17,18). The molecule has 1 aromatic carbocycles. The van der Waals surface area contributed by atoms with E-state index >= 15 is 0 Å². The third kappa shape index (κ3) is 2.83. The van der Waals surface area contributed by atoms with Crippen LogP contribution in [0.25, 0.3) is 0 Å². The molecular weight excluding hydrogens is 253 g/mol. The van der Waals surface area contributed by atoms with Gasteiger partial charge in [-0.1, -0.05) is 0 Å². The molecule has 0 saturated heterocycles. The molecule has 5 nitrogen and oxygen atoms in total. The highest BCUT2D eigenvalue weighted by molar-refractivity contribution is 5.95. The van der Waals surface area contributed by atoms with E-state index in [1.54, 1.807) is 0 Å². The first-order valence-corrected chi connectivity index (χ1v) is 5.95. The van der Waals surface area contributed by atoms with Crippen molar-refractivity contribution in [3.05, 3.63) is 29.6 Å². The number of carboxylic acids is 1. The zero-order valence-corrected chi connectivity index (χ0v) is 10.1. The predicted molar refractivity (Wildman–Crippen MR) is 64.4 cm³/mol. The molecular formula is C13H14FNO4. The molecule has 1 amide bonds. The maximum Gasteiger partial charge on any atom is 0.305 e. The van der Waals surface area contributed by atoms with Crippen molar-refractivity contribution < 1.29 is 24.2 Å². The number of hydrogen-bond donors (Lipinski definition) is 3. The Kier molecular flexibility index (Phi) is 3.42. The Morgan fingerprint density at radius 3 is 2.53 bits per heavy atom. The van der Waals surface area contributed by atoms with Gasteiger partial charge in [-0.2, -0.15) is 0 Å². The number of rotatable bonds is 4. The minimum absolute atomic E-state index is 0.168. The Balaban J connectivity index is 2.13. The SMILES string of the molecule is O=C(O)CC1(NC(=O)c2ccc(O)cc2F)CCC1. The fourth-order valence-corrected chi connectivity index (χ4v) is 2.24. The number of hydrogen-bond acceptors (Lipinski definition) is 3. The van der Waals surface area contributed by atoms with Crippen molar-refractivity contribution >= 4 is 11.9 Å². The lowest BCUT2D eigenvalue weighted by Crippen LogP contribution is -2.54. The van der Waals surface area contributed by atoms with Gasteiger partial charge in [0, 0.05) is 6.07 Å². The molecule has 2 rings (SSSR count). The van der Waals surface area contributed by atoms with Gasteiger partial charge in [0.2, 0.25) is 0 Å². The van der Waals surface area contributed by atoms with Crippen LogP contribution >= 0.6 is 0 Å². The van der Waals surface area contributed by atoms with E-state index in [0.717, 1.165) is 12.5 Å². The van der Waals surface area contributed by atoms with E-state index < -0.39 is 23.2 Å². The average molecular weight is 267 g/mol. The highest BCUT2D eigenvalue weighted by Gasteiger charge is 2.40. The molecule has 1 aromatic rings. The second-order valence-electron chi connectivity index (χ2n) is 4.82. The van der Waals surface area contributed by atoms with Crippen molar-refractivity contribution in [1.82, 2.24) is 5.32 Å². The first-order chi connectivity index (χ1) is 8.92. The number of carbonyl (C=O) groups excluding carboxylic acids is 1. The molecule has 0 spiro atoms. The normalized spacial score (nSPS) is 16.5. The summed E-state index contributed by atoms with van der Waals surface area (Å²) in [6.07, 6.45) is 1.82. The molecule has 19 heavy (non-hydrogen) atoms. The van der Waals surface area contributed by atoms with Crippen LogP contribution in [0.1, 0.15) is 36.0 Å². The van der Waals surface area contributed by atoms with E-state index in [1.165, 1.54) is 12.1 Å². The molecule has 1 aliphatic carbocycles. The van der Waals surface area contributed by atoms with Crippen LogP contribution in [0.2, 0.25) is 0 Å². The van der Waals surface area contributed by atoms with Crippen LogP contribution in [0.5, 0.6) is 5.75 Å². The van der Waals surface area contributed by atoms with Gasteiger partial charge in [-0.15, -0.1) is 0 Å². The molecule has 3 N–H and O–H groups in total. The minimum atomic E-state index is -0.994. The summed E-state index contributed by atoms with van der Waals surface area (Å²) >= 11 is 0. The molecule has 0 atom stereocenters. The number of halogens is 1. The minimum Gasteiger partial charge on any atom is -0.508 e. The number of aromatic hydroxyl groups is 1. The molecule has 0 aromatic heterocycles. The van der Waals surface area contributed by atoms with Crippen molar-refractivity contribution in [2.24, 2.45) is 0 Å². The van der Waals surface area contributed by atoms with E-state index in [1.807, 2.05) is 0 Å². The first-order valence-electron chi connectivity index (χ1n) is 5.95. The number of nitrogens with one attached hydrogen (secondary N) is 1. The summed E-state index contributed by atoms with van der Waals surface area (Å²) < 4.78 is 13.5. The van der Waals surface area contributed by atoms with Crippen molar-refractivity contribution in [3.63, 3.8) is 0 Å². The summed E-state index contributed by atoms with van der Waals surface area (Å²) in [6, 6.07) is 3.23. The fraction of sp³-hybridized carbons (Fsp3) is 0.385. The summed E-state index contributed by atoms with van der Waals surface area (Å²) in [5.74, 6) is -2.75. The van der Waals surface area contributed by atoms with Crippen molar-refractivity contribution in [2.45, 2.75) is 31.2 Å². The van der Waals surface area contributed by atoms with Gasteiger partial charge in [0.15, 0.2) is 0 Å². The average Bonchev–Trinajstić information content (AvgIpc) is 2.25. The lowest BCUT2D eigenvalue weighted by molar-refractivity contribution is -0.139. The van der Waals surface area contributed by atoms with Gasteiger partial charge in [0.05, 0.1) is 17.5 Å². The zero-order chi connectivity index (χ0) is 14.0. The number of aliphatic carboxylic acids is 1. The van der Waals surface area contributed by atoms with E-state index in [4.69, 9.17) is 10.2 Å². The topological polar surface area (TPSA) is 86.6 Å². The zero-order valence-electron chi connectivity index (χ0n) is 10.1. The molecule has 0 bridgehead atoms. The van der Waals surface area contributed by atoms with Gasteiger partial charge in [0.1, 0.15) is 11.6 Å². The molecule has 1 aliphatic rings. The van der Waals surface area contributed by atoms with Crippen LogP contribution in [0, 0.1) is 5.82 Å². The van der Waals surface area contributed by atoms with Crippen LogP contribution < -0.4 is 5.32 Å². The number of amides is 1. The first kappa shape index (κ1) is 13.3. The van der Waals surface area contributed by atoms with Crippen molar-refractivity contribution in [1.29, 1.82) is 0 Å². The Bertz CT molecular complexity index is 525. The third-order valence-electron chi connectivity index (χ3n) is 3.38. The molecule has 0 radical (unpaired) electrons. The number of benzene rings is 1. The van der Waals surface area contributed by atoms with Crippen LogP contribution in [-0.2, 0) is 4.79 Å². The van der Waals surface area contributed by atoms with Gasteiger partial charge in [-0.05, 0) is 31.4 Å². The van der Waals surface area contributed by atoms with Crippen LogP contribution in [0.3, 0.4) is 0 Å². The summed E-state index contributed by atoms with van der Waals surface area (Å²) in [7, 11) is 0. The van der Waals surface area contributed by atoms with Gasteiger partial charge in [0.25, 0.3) is 5.91 Å². The summed E-state index contributed by atoms with van der Waals surface area (Å²) in [5, 5.41) is 20.5. The summed E-state index contributed by atoms with van der Waals surface area (Å²) in [4.78, 5) is 22.7. The highest BCUT2D eigenvalue weighted by atomic mass is 19.1.